The van der Waals surface area contributed by atoms with Crippen LogP contribution in [0.15, 0.2) is 11.3 Å². The quantitative estimate of drug-likeness (QED) is 0.261. The SMILES string of the molecule is C[C@@H]1C[C@H]([C@H](O)C(C)(C)O)OC2=C1[C@@]1(C)CCC34C[C@@]35CC[C@H](O[C@@H]3OC[C@H](O)[C@H](O)[C@H]3O)C(C)(C)[C@@H]5CC[C@H]4[C@]1(C)[C@H]2O. The molecule has 4 saturated carbocycles. The van der Waals surface area contributed by atoms with E-state index in [1.165, 1.54) is 12.0 Å². The van der Waals surface area contributed by atoms with Crippen LogP contribution in [-0.2, 0) is 14.2 Å². The Morgan fingerprint density at radius 3 is 2.25 bits per heavy atom. The summed E-state index contributed by atoms with van der Waals surface area (Å²) in [7, 11) is 0. The van der Waals surface area contributed by atoms with Gasteiger partial charge in [0.1, 0.15) is 42.4 Å². The predicted octanol–water partition coefficient (Wildman–Crippen LogP) is 3.03. The van der Waals surface area contributed by atoms with Crippen molar-refractivity contribution in [3.05, 3.63) is 11.3 Å². The normalized spacial score (nSPS) is 55.1. The molecule has 15 atom stereocenters. The van der Waals surface area contributed by atoms with E-state index >= 15 is 0 Å². The van der Waals surface area contributed by atoms with Gasteiger partial charge in [-0.15, -0.1) is 0 Å². The smallest absolute Gasteiger partial charge is 0.186 e. The maximum atomic E-state index is 12.3. The van der Waals surface area contributed by atoms with Crippen LogP contribution in [-0.4, -0.2) is 91.9 Å². The lowest BCUT2D eigenvalue weighted by Crippen LogP contribution is -2.61. The third-order valence-corrected chi connectivity index (χ3v) is 15.0. The topological polar surface area (TPSA) is 149 Å². The van der Waals surface area contributed by atoms with Gasteiger partial charge in [-0.05, 0) is 105 Å². The first kappa shape index (κ1) is 31.8. The summed E-state index contributed by atoms with van der Waals surface area (Å²) in [5.41, 5.74) is -0.502. The van der Waals surface area contributed by atoms with Gasteiger partial charge in [0.25, 0.3) is 0 Å². The highest BCUT2D eigenvalue weighted by Gasteiger charge is 2.83. The second-order valence-electron chi connectivity index (χ2n) is 17.6. The molecule has 1 saturated heterocycles. The average molecular weight is 621 g/mol. The molecule has 2 aliphatic heterocycles. The van der Waals surface area contributed by atoms with E-state index in [4.69, 9.17) is 14.2 Å². The standard InChI is InChI=1S/C35H56O9/c1-17-14-19(27(39)31(4,5)41)43-26-23(17)32(6)12-13-35-16-34(35)11-10-22(44-29-25(38)24(37)18(36)15-42-29)30(2,3)20(34)8-9-21(35)33(32,7)28(26)40/h17-22,24-25,27-29,36-41H,8-16H2,1-7H3/t17-,18+,19-,20+,21+,22+,24+,25-,27+,28+,29+,32-,33-,34-,35?/m1/s1. The molecule has 9 heteroatoms. The number of hydrogen-bond donors (Lipinski definition) is 6. The molecule has 44 heavy (non-hydrogen) atoms. The zero-order chi connectivity index (χ0) is 32.0. The molecule has 2 spiro atoms. The summed E-state index contributed by atoms with van der Waals surface area (Å²) in [6.45, 7) is 14.6. The van der Waals surface area contributed by atoms with E-state index in [9.17, 15) is 30.6 Å². The Bertz CT molecular complexity index is 1210. The summed E-state index contributed by atoms with van der Waals surface area (Å²) in [4.78, 5) is 0. The molecular formula is C35H56O9. The molecule has 0 radical (unpaired) electrons. The van der Waals surface area contributed by atoms with Crippen LogP contribution in [0.4, 0.5) is 0 Å². The molecule has 1 unspecified atom stereocenters. The Morgan fingerprint density at radius 1 is 0.909 bits per heavy atom. The fourth-order valence-corrected chi connectivity index (χ4v) is 12.6. The maximum Gasteiger partial charge on any atom is 0.186 e. The number of ether oxygens (including phenoxy) is 3. The van der Waals surface area contributed by atoms with Crippen molar-refractivity contribution in [2.45, 2.75) is 154 Å². The molecule has 0 aromatic carbocycles. The summed E-state index contributed by atoms with van der Waals surface area (Å²) in [6, 6.07) is 0. The van der Waals surface area contributed by atoms with E-state index in [1.807, 2.05) is 0 Å². The molecule has 250 valence electrons. The molecular weight excluding hydrogens is 564 g/mol. The maximum absolute atomic E-state index is 12.3. The minimum absolute atomic E-state index is 0.0638. The van der Waals surface area contributed by atoms with Gasteiger partial charge in [-0.1, -0.05) is 34.6 Å². The predicted molar refractivity (Wildman–Crippen MR) is 161 cm³/mol. The second kappa shape index (κ2) is 9.65. The lowest BCUT2D eigenvalue weighted by molar-refractivity contribution is -0.303. The number of aliphatic hydroxyl groups excluding tert-OH is 5. The molecule has 5 fully saturated rings. The molecule has 5 aliphatic carbocycles. The largest absolute Gasteiger partial charge is 0.489 e. The Balaban J connectivity index is 1.15. The van der Waals surface area contributed by atoms with Gasteiger partial charge in [-0.25, -0.2) is 0 Å². The van der Waals surface area contributed by atoms with Crippen molar-refractivity contribution >= 4 is 0 Å². The van der Waals surface area contributed by atoms with Gasteiger partial charge in [0.2, 0.25) is 0 Å². The van der Waals surface area contributed by atoms with Crippen LogP contribution in [0.25, 0.3) is 0 Å². The number of rotatable bonds is 4. The van der Waals surface area contributed by atoms with Gasteiger partial charge < -0.3 is 44.8 Å². The van der Waals surface area contributed by atoms with E-state index in [2.05, 4.69) is 34.6 Å². The van der Waals surface area contributed by atoms with Gasteiger partial charge in [0.05, 0.1) is 18.3 Å². The van der Waals surface area contributed by atoms with Crippen LogP contribution >= 0.6 is 0 Å². The molecule has 0 amide bonds. The lowest BCUT2D eigenvalue weighted by atomic mass is 9.41. The Kier molecular flexibility index (Phi) is 6.97. The Hall–Kier alpha value is -0.780. The molecule has 9 nitrogen and oxygen atoms in total. The molecule has 7 aliphatic rings. The summed E-state index contributed by atoms with van der Waals surface area (Å²) >= 11 is 0. The fraction of sp³-hybridized carbons (Fsp3) is 0.943. The van der Waals surface area contributed by atoms with Crippen LogP contribution in [0, 0.1) is 44.8 Å². The van der Waals surface area contributed by atoms with Gasteiger partial charge in [-0.2, -0.15) is 0 Å². The molecule has 0 aromatic heterocycles. The van der Waals surface area contributed by atoms with Crippen molar-refractivity contribution in [1.29, 1.82) is 0 Å². The van der Waals surface area contributed by atoms with E-state index in [0.29, 0.717) is 24.0 Å². The van der Waals surface area contributed by atoms with Crippen molar-refractivity contribution in [3.63, 3.8) is 0 Å². The van der Waals surface area contributed by atoms with E-state index < -0.39 is 48.5 Å². The first-order valence-electron chi connectivity index (χ1n) is 17.2. The van der Waals surface area contributed by atoms with Gasteiger partial charge in [-0.3, -0.25) is 0 Å². The molecule has 0 bridgehead atoms. The zero-order valence-corrected chi connectivity index (χ0v) is 27.6. The summed E-state index contributed by atoms with van der Waals surface area (Å²) < 4.78 is 18.6. The van der Waals surface area contributed by atoms with Crippen LogP contribution < -0.4 is 0 Å². The van der Waals surface area contributed by atoms with Gasteiger partial charge in [0.15, 0.2) is 6.29 Å². The van der Waals surface area contributed by atoms with Crippen molar-refractivity contribution < 1.29 is 44.8 Å². The van der Waals surface area contributed by atoms with E-state index in [0.717, 1.165) is 38.5 Å². The average Bonchev–Trinajstić information content (AvgIpc) is 3.58. The minimum Gasteiger partial charge on any atom is -0.489 e. The number of fused-ring (bicyclic) bond motifs is 3. The third-order valence-electron chi connectivity index (χ3n) is 15.0. The fourth-order valence-electron chi connectivity index (χ4n) is 12.6. The van der Waals surface area contributed by atoms with Crippen LogP contribution in [0.1, 0.15) is 99.8 Å². The number of hydrogen-bond acceptors (Lipinski definition) is 9. The van der Waals surface area contributed by atoms with Crippen LogP contribution in [0.3, 0.4) is 0 Å². The number of aliphatic hydroxyl groups is 6. The lowest BCUT2D eigenvalue weighted by Gasteiger charge is -2.63. The molecule has 6 N–H and O–H groups in total. The molecule has 0 aromatic rings. The van der Waals surface area contributed by atoms with Crippen LogP contribution in [0.5, 0.6) is 0 Å². The van der Waals surface area contributed by atoms with Crippen molar-refractivity contribution in [2.24, 2.45) is 44.8 Å². The van der Waals surface area contributed by atoms with E-state index in [-0.39, 0.29) is 45.7 Å². The minimum atomic E-state index is -1.30. The monoisotopic (exact) mass is 620 g/mol. The second-order valence-corrected chi connectivity index (χ2v) is 17.6. The molecule has 7 rings (SSSR count). The number of allylic oxidation sites excluding steroid dienone is 1. The first-order valence-corrected chi connectivity index (χ1v) is 17.2. The van der Waals surface area contributed by atoms with Gasteiger partial charge in [0, 0.05) is 10.8 Å². The van der Waals surface area contributed by atoms with Gasteiger partial charge >= 0.3 is 0 Å². The Morgan fingerprint density at radius 2 is 1.57 bits per heavy atom. The summed E-state index contributed by atoms with van der Waals surface area (Å²) in [5, 5.41) is 64.6. The highest BCUT2D eigenvalue weighted by atomic mass is 16.7. The summed E-state index contributed by atoms with van der Waals surface area (Å²) in [5.74, 6) is 1.57. The van der Waals surface area contributed by atoms with Crippen molar-refractivity contribution in [2.75, 3.05) is 6.61 Å². The highest BCUT2D eigenvalue weighted by Crippen LogP contribution is 2.89. The molecule has 2 heterocycles. The first-order chi connectivity index (χ1) is 20.4. The zero-order valence-electron chi connectivity index (χ0n) is 27.6. The van der Waals surface area contributed by atoms with Crippen molar-refractivity contribution in [3.8, 4) is 0 Å². The highest BCUT2D eigenvalue weighted by molar-refractivity contribution is 5.43. The third kappa shape index (κ3) is 3.81. The van der Waals surface area contributed by atoms with E-state index in [1.54, 1.807) is 13.8 Å². The van der Waals surface area contributed by atoms with Crippen molar-refractivity contribution in [1.82, 2.24) is 0 Å². The Labute approximate surface area is 262 Å². The summed E-state index contributed by atoms with van der Waals surface area (Å²) in [6.07, 6.45) is 0.672. The van der Waals surface area contributed by atoms with Crippen LogP contribution in [0.2, 0.25) is 0 Å².